The van der Waals surface area contributed by atoms with Gasteiger partial charge in [-0.05, 0) is 24.7 Å². The van der Waals surface area contributed by atoms with Crippen LogP contribution in [-0.4, -0.2) is 49.4 Å². The van der Waals surface area contributed by atoms with E-state index in [4.69, 9.17) is 22.5 Å². The van der Waals surface area contributed by atoms with Gasteiger partial charge in [0, 0.05) is 11.1 Å². The molecule has 1 unspecified atom stereocenters. The minimum absolute atomic E-state index is 0.0627. The van der Waals surface area contributed by atoms with Gasteiger partial charge >= 0.3 is 0 Å². The second-order valence-electron chi connectivity index (χ2n) is 4.50. The summed E-state index contributed by atoms with van der Waals surface area (Å²) in [6.45, 7) is 0.537. The Morgan fingerprint density at radius 2 is 2.33 bits per heavy atom. The fraction of sp³-hybridized carbons (Fsp3) is 0.600. The largest absolute Gasteiger partial charge is 0.393 e. The number of nitrogens with zero attached hydrogens (tertiary/aromatic N) is 5. The van der Waals surface area contributed by atoms with E-state index in [1.54, 1.807) is 0 Å². The van der Waals surface area contributed by atoms with Crippen LogP contribution < -0.4 is 0 Å². The lowest BCUT2D eigenvalue weighted by molar-refractivity contribution is -0.124. The highest BCUT2D eigenvalue weighted by molar-refractivity contribution is 7.71. The normalized spacial score (nSPS) is 32.0. The van der Waals surface area contributed by atoms with Crippen LogP contribution >= 0.6 is 12.2 Å². The van der Waals surface area contributed by atoms with Gasteiger partial charge in [-0.15, -0.1) is 0 Å². The van der Waals surface area contributed by atoms with E-state index < -0.39 is 36.6 Å². The molecule has 3 N–H and O–H groups in total. The van der Waals surface area contributed by atoms with Crippen LogP contribution in [0.2, 0.25) is 0 Å². The minimum Gasteiger partial charge on any atom is -0.393 e. The predicted octanol–water partition coefficient (Wildman–Crippen LogP) is 0.310. The van der Waals surface area contributed by atoms with E-state index >= 15 is 0 Å². The summed E-state index contributed by atoms with van der Waals surface area (Å²) in [5.74, 6) is -0.695. The van der Waals surface area contributed by atoms with E-state index in [-0.39, 0.29) is 10.5 Å². The van der Waals surface area contributed by atoms with Gasteiger partial charge in [0.05, 0.1) is 12.3 Å². The summed E-state index contributed by atoms with van der Waals surface area (Å²) in [6, 6.07) is 0. The summed E-state index contributed by atoms with van der Waals surface area (Å²) in [5, 5.41) is 32.4. The highest BCUT2D eigenvalue weighted by Crippen LogP contribution is 2.38. The third-order valence-corrected chi connectivity index (χ3v) is 3.50. The van der Waals surface area contributed by atoms with Crippen molar-refractivity contribution in [3.8, 4) is 0 Å². The van der Waals surface area contributed by atoms with Gasteiger partial charge < -0.3 is 20.1 Å². The molecule has 2 rings (SSSR count). The minimum atomic E-state index is -2.07. The Hall–Kier alpha value is -1.62. The quantitative estimate of drug-likeness (QED) is 0.317. The molecule has 114 valence electrons. The van der Waals surface area contributed by atoms with Crippen LogP contribution in [0.3, 0.4) is 0 Å². The van der Waals surface area contributed by atoms with Crippen molar-refractivity contribution in [1.82, 2.24) is 9.55 Å². The fourth-order valence-electron chi connectivity index (χ4n) is 2.02. The van der Waals surface area contributed by atoms with E-state index in [1.165, 1.54) is 6.92 Å². The molecule has 0 saturated carbocycles. The zero-order valence-corrected chi connectivity index (χ0v) is 11.6. The summed E-state index contributed by atoms with van der Waals surface area (Å²) >= 11 is 4.95. The SMILES string of the molecule is Cc1nc(=S)n([C@@H]2O[C@@](CO)(N=[N+]=[N-])C(O)[C@@H]2O)cc1F. The van der Waals surface area contributed by atoms with Crippen LogP contribution in [0.4, 0.5) is 4.39 Å². The number of halogens is 1. The molecule has 0 aromatic carbocycles. The van der Waals surface area contributed by atoms with Gasteiger partial charge in [0.15, 0.2) is 12.0 Å². The first-order chi connectivity index (χ1) is 9.86. The first-order valence-electron chi connectivity index (χ1n) is 5.82. The number of azide groups is 1. The van der Waals surface area contributed by atoms with Gasteiger partial charge in [-0.1, -0.05) is 5.11 Å². The second kappa shape index (κ2) is 5.64. The molecule has 1 fully saturated rings. The molecule has 0 bridgehead atoms. The Morgan fingerprint density at radius 1 is 1.67 bits per heavy atom. The monoisotopic (exact) mass is 317 g/mol. The lowest BCUT2D eigenvalue weighted by atomic mass is 10.1. The van der Waals surface area contributed by atoms with Crippen molar-refractivity contribution >= 4 is 12.2 Å². The van der Waals surface area contributed by atoms with Crippen molar-refractivity contribution in [3.63, 3.8) is 0 Å². The maximum Gasteiger partial charge on any atom is 0.202 e. The molecule has 1 aromatic heterocycles. The highest BCUT2D eigenvalue weighted by atomic mass is 32.1. The molecule has 4 atom stereocenters. The van der Waals surface area contributed by atoms with Crippen molar-refractivity contribution in [2.24, 2.45) is 5.11 Å². The smallest absolute Gasteiger partial charge is 0.202 e. The lowest BCUT2D eigenvalue weighted by Crippen LogP contribution is -2.44. The maximum absolute atomic E-state index is 13.6. The van der Waals surface area contributed by atoms with Crippen LogP contribution in [0.1, 0.15) is 11.9 Å². The predicted molar refractivity (Wildman–Crippen MR) is 68.9 cm³/mol. The van der Waals surface area contributed by atoms with E-state index in [9.17, 15) is 19.7 Å². The van der Waals surface area contributed by atoms with Gasteiger partial charge in [0.2, 0.25) is 10.5 Å². The number of hydrogen-bond acceptors (Lipinski definition) is 7. The zero-order valence-electron chi connectivity index (χ0n) is 10.8. The van der Waals surface area contributed by atoms with Crippen LogP contribution in [-0.2, 0) is 4.74 Å². The van der Waals surface area contributed by atoms with Crippen molar-refractivity contribution in [3.05, 3.63) is 32.9 Å². The van der Waals surface area contributed by atoms with E-state index in [0.717, 1.165) is 10.8 Å². The molecule has 1 aliphatic rings. The molecule has 1 aliphatic heterocycles. The Labute approximate surface area is 122 Å². The maximum atomic E-state index is 13.6. The van der Waals surface area contributed by atoms with Crippen molar-refractivity contribution in [1.29, 1.82) is 0 Å². The Morgan fingerprint density at radius 3 is 2.90 bits per heavy atom. The van der Waals surface area contributed by atoms with Crippen LogP contribution in [0.5, 0.6) is 0 Å². The van der Waals surface area contributed by atoms with E-state index in [0.29, 0.717) is 0 Å². The third-order valence-electron chi connectivity index (χ3n) is 3.20. The number of aryl methyl sites for hydroxylation is 1. The third kappa shape index (κ3) is 2.50. The molecular formula is C10H12FN5O4S. The van der Waals surface area contributed by atoms with E-state index in [1.807, 2.05) is 0 Å². The molecule has 21 heavy (non-hydrogen) atoms. The highest BCUT2D eigenvalue weighted by Gasteiger charge is 2.54. The van der Waals surface area contributed by atoms with Gasteiger partial charge in [0.1, 0.15) is 12.2 Å². The van der Waals surface area contributed by atoms with Crippen molar-refractivity contribution in [2.45, 2.75) is 31.1 Å². The molecule has 0 aliphatic carbocycles. The van der Waals surface area contributed by atoms with Gasteiger partial charge in [-0.25, -0.2) is 9.37 Å². The standard InChI is InChI=1S/C10H12FN5O4S/c1-4-5(11)2-16(9(21)13-4)8-6(18)7(19)10(3-17,20-8)14-15-12/h2,6-8,17-19H,3H2,1H3/t6-,7?,8+,10+/m0/s1. The van der Waals surface area contributed by atoms with Crippen LogP contribution in [0.25, 0.3) is 10.4 Å². The summed E-state index contributed by atoms with van der Waals surface area (Å²) in [5.41, 5.74) is 6.48. The second-order valence-corrected chi connectivity index (χ2v) is 4.87. The molecule has 0 spiro atoms. The average Bonchev–Trinajstić information content (AvgIpc) is 2.69. The number of aliphatic hydroxyl groups excluding tert-OH is 3. The average molecular weight is 317 g/mol. The first-order valence-corrected chi connectivity index (χ1v) is 6.23. The van der Waals surface area contributed by atoms with E-state index in [2.05, 4.69) is 15.0 Å². The molecule has 0 radical (unpaired) electrons. The number of aliphatic hydroxyl groups is 3. The van der Waals surface area contributed by atoms with Crippen LogP contribution in [0, 0.1) is 17.5 Å². The fourth-order valence-corrected chi connectivity index (χ4v) is 2.31. The summed E-state index contributed by atoms with van der Waals surface area (Å²) < 4.78 is 19.7. The number of aromatic nitrogens is 2. The number of ether oxygens (including phenoxy) is 1. The molecule has 0 amide bonds. The van der Waals surface area contributed by atoms with Crippen LogP contribution in [0.15, 0.2) is 11.3 Å². The summed E-state index contributed by atoms with van der Waals surface area (Å²) in [7, 11) is 0. The number of rotatable bonds is 3. The molecule has 11 heteroatoms. The summed E-state index contributed by atoms with van der Waals surface area (Å²) in [4.78, 5) is 6.23. The van der Waals surface area contributed by atoms with Gasteiger partial charge in [-0.3, -0.25) is 4.57 Å². The Bertz CT molecular complexity index is 663. The van der Waals surface area contributed by atoms with Gasteiger partial charge in [0.25, 0.3) is 0 Å². The molecular weight excluding hydrogens is 305 g/mol. The summed E-state index contributed by atoms with van der Waals surface area (Å²) in [6.07, 6.45) is -3.71. The molecule has 2 heterocycles. The molecule has 9 nitrogen and oxygen atoms in total. The van der Waals surface area contributed by atoms with Crippen molar-refractivity contribution in [2.75, 3.05) is 6.61 Å². The number of hydrogen-bond donors (Lipinski definition) is 3. The van der Waals surface area contributed by atoms with Gasteiger partial charge in [-0.2, -0.15) is 0 Å². The topological polar surface area (TPSA) is 136 Å². The Balaban J connectivity index is 2.50. The first kappa shape index (κ1) is 15.8. The van der Waals surface area contributed by atoms with Crippen molar-refractivity contribution < 1.29 is 24.4 Å². The lowest BCUT2D eigenvalue weighted by Gasteiger charge is -2.23. The molecule has 1 aromatic rings. The zero-order chi connectivity index (χ0) is 15.8. The Kier molecular flexibility index (Phi) is 4.23. The molecule has 1 saturated heterocycles.